The number of likely N-dealkylation sites (tertiary alicyclic amines) is 1. The molecule has 4 fully saturated rings. The Morgan fingerprint density at radius 3 is 2.14 bits per heavy atom. The molecule has 0 bridgehead atoms. The summed E-state index contributed by atoms with van der Waals surface area (Å²) in [7, 11) is 0. The summed E-state index contributed by atoms with van der Waals surface area (Å²) in [4.78, 5) is 12.3. The standard InChI is InChI=1S/C20H20O6.C6H9NO.C2H6O/c21-20-12-23-19(14-9-5-2-6-10-14)25-17(20)16-15(26-20)11-22-18(24-16)13-7-3-1-4-8-13;1-2-7-5-3-4-6(7)8;1-2-3/h1-10,15-19,21H,11-12H2;2H,1,3-5H2;3H,2H2,1H3/t15-,16+,17-,18?,19?,20+;;/m1../s1. The van der Waals surface area contributed by atoms with E-state index in [0.29, 0.717) is 13.0 Å². The predicted molar refractivity (Wildman–Crippen MR) is 134 cm³/mol. The van der Waals surface area contributed by atoms with E-state index < -0.39 is 36.7 Å². The summed E-state index contributed by atoms with van der Waals surface area (Å²) in [5.41, 5.74) is 1.82. The highest BCUT2D eigenvalue weighted by atomic mass is 16.8. The average molecular weight is 514 g/mol. The van der Waals surface area contributed by atoms with Crippen LogP contribution in [-0.4, -0.2) is 71.5 Å². The molecular formula is C28H35NO8. The molecular weight excluding hydrogens is 478 g/mol. The molecule has 6 atom stereocenters. The maximum absolute atomic E-state index is 10.9. The maximum Gasteiger partial charge on any atom is 0.226 e. The van der Waals surface area contributed by atoms with Crippen molar-refractivity contribution in [3.8, 4) is 0 Å². The van der Waals surface area contributed by atoms with Crippen molar-refractivity contribution in [1.29, 1.82) is 0 Å². The van der Waals surface area contributed by atoms with E-state index in [4.69, 9.17) is 28.8 Å². The van der Waals surface area contributed by atoms with Crippen molar-refractivity contribution in [3.63, 3.8) is 0 Å². The van der Waals surface area contributed by atoms with E-state index in [1.54, 1.807) is 18.0 Å². The number of carbonyl (C=O) groups is 1. The molecule has 2 aromatic rings. The first kappa shape index (κ1) is 27.4. The zero-order valence-corrected chi connectivity index (χ0v) is 21.0. The molecule has 4 saturated heterocycles. The fourth-order valence-electron chi connectivity index (χ4n) is 4.60. The van der Waals surface area contributed by atoms with Gasteiger partial charge in [-0.3, -0.25) is 4.79 Å². The van der Waals surface area contributed by atoms with E-state index in [9.17, 15) is 9.90 Å². The van der Waals surface area contributed by atoms with Gasteiger partial charge in [0.2, 0.25) is 11.7 Å². The molecule has 4 aliphatic heterocycles. The summed E-state index contributed by atoms with van der Waals surface area (Å²) < 4.78 is 29.5. The van der Waals surface area contributed by atoms with Crippen molar-refractivity contribution in [2.45, 2.75) is 56.4 Å². The molecule has 0 spiro atoms. The molecule has 0 saturated carbocycles. The van der Waals surface area contributed by atoms with Gasteiger partial charge in [-0.15, -0.1) is 0 Å². The van der Waals surface area contributed by atoms with Crippen LogP contribution in [0.2, 0.25) is 0 Å². The topological polar surface area (TPSA) is 107 Å². The second-order valence-electron chi connectivity index (χ2n) is 8.98. The third-order valence-corrected chi connectivity index (χ3v) is 6.34. The van der Waals surface area contributed by atoms with Crippen LogP contribution in [0.15, 0.2) is 73.4 Å². The molecule has 4 heterocycles. The van der Waals surface area contributed by atoms with Gasteiger partial charge < -0.3 is 38.8 Å². The number of fused-ring (bicyclic) bond motifs is 3. The Morgan fingerprint density at radius 1 is 1.03 bits per heavy atom. The molecule has 1 amide bonds. The Hall–Kier alpha value is -2.63. The molecule has 4 aliphatic rings. The highest BCUT2D eigenvalue weighted by Gasteiger charge is 2.61. The predicted octanol–water partition coefficient (Wildman–Crippen LogP) is 3.05. The second-order valence-corrected chi connectivity index (χ2v) is 8.98. The van der Waals surface area contributed by atoms with Crippen LogP contribution < -0.4 is 0 Å². The van der Waals surface area contributed by atoms with Crippen molar-refractivity contribution in [2.75, 3.05) is 26.4 Å². The highest BCUT2D eigenvalue weighted by molar-refractivity contribution is 5.78. The SMILES string of the molecule is C=CN1CCCC1=O.CCO.O[C@]12COC(c3ccccc3)O[C@@H]1[C@H]1OC(c3ccccc3)OC[C@H]1O2. The van der Waals surface area contributed by atoms with Crippen molar-refractivity contribution < 1.29 is 38.7 Å². The smallest absolute Gasteiger partial charge is 0.226 e. The number of hydrogen-bond acceptors (Lipinski definition) is 8. The van der Waals surface area contributed by atoms with Crippen LogP contribution in [0.3, 0.4) is 0 Å². The van der Waals surface area contributed by atoms with Crippen LogP contribution in [0.25, 0.3) is 0 Å². The van der Waals surface area contributed by atoms with Crippen LogP contribution in [-0.2, 0) is 28.5 Å². The van der Waals surface area contributed by atoms with Gasteiger partial charge >= 0.3 is 0 Å². The molecule has 6 rings (SSSR count). The molecule has 0 radical (unpaired) electrons. The van der Waals surface area contributed by atoms with Gasteiger partial charge in [0.05, 0.1) is 6.61 Å². The summed E-state index contributed by atoms with van der Waals surface area (Å²) in [6.07, 6.45) is 0.723. The van der Waals surface area contributed by atoms with Gasteiger partial charge in [0.1, 0.15) is 24.9 Å². The summed E-state index contributed by atoms with van der Waals surface area (Å²) in [5, 5.41) is 18.4. The number of benzene rings is 2. The third-order valence-electron chi connectivity index (χ3n) is 6.34. The molecule has 0 aromatic heterocycles. The summed E-state index contributed by atoms with van der Waals surface area (Å²) in [5.74, 6) is -1.32. The lowest BCUT2D eigenvalue weighted by molar-refractivity contribution is -0.351. The molecule has 0 aliphatic carbocycles. The van der Waals surface area contributed by atoms with E-state index in [0.717, 1.165) is 24.1 Å². The fraction of sp³-hybridized carbons (Fsp3) is 0.464. The Morgan fingerprint density at radius 2 is 1.62 bits per heavy atom. The van der Waals surface area contributed by atoms with Gasteiger partial charge in [-0.25, -0.2) is 0 Å². The van der Waals surface area contributed by atoms with E-state index in [1.807, 2.05) is 60.7 Å². The molecule has 9 heteroatoms. The molecule has 2 N–H and O–H groups in total. The van der Waals surface area contributed by atoms with Gasteiger partial charge in [0.25, 0.3) is 0 Å². The lowest BCUT2D eigenvalue weighted by Gasteiger charge is -2.39. The van der Waals surface area contributed by atoms with E-state index >= 15 is 0 Å². The molecule has 2 unspecified atom stereocenters. The normalized spacial score (nSPS) is 32.2. The van der Waals surface area contributed by atoms with Gasteiger partial charge in [-0.2, -0.15) is 0 Å². The average Bonchev–Trinajstić information content (AvgIpc) is 3.49. The number of aliphatic hydroxyl groups is 2. The first-order valence-electron chi connectivity index (χ1n) is 12.6. The number of ether oxygens (including phenoxy) is 5. The largest absolute Gasteiger partial charge is 0.397 e. The van der Waals surface area contributed by atoms with Crippen molar-refractivity contribution in [2.24, 2.45) is 0 Å². The Balaban J connectivity index is 0.000000245. The lowest BCUT2D eigenvalue weighted by atomic mass is 10.0. The Bertz CT molecular complexity index is 1010. The first-order chi connectivity index (χ1) is 18.0. The number of nitrogens with zero attached hydrogens (tertiary/aromatic N) is 1. The van der Waals surface area contributed by atoms with Crippen LogP contribution in [0.4, 0.5) is 0 Å². The number of aliphatic hydroxyl groups excluding tert-OH is 1. The number of rotatable bonds is 3. The van der Waals surface area contributed by atoms with Crippen LogP contribution >= 0.6 is 0 Å². The van der Waals surface area contributed by atoms with Crippen molar-refractivity contribution >= 4 is 5.91 Å². The number of hydrogen-bond donors (Lipinski definition) is 2. The molecule has 2 aromatic carbocycles. The van der Waals surface area contributed by atoms with Crippen molar-refractivity contribution in [1.82, 2.24) is 4.90 Å². The zero-order valence-electron chi connectivity index (χ0n) is 21.0. The van der Waals surface area contributed by atoms with Gasteiger partial charge in [-0.05, 0) is 19.5 Å². The summed E-state index contributed by atoms with van der Waals surface area (Å²) in [6.45, 7) is 6.63. The minimum absolute atomic E-state index is 0.0175. The Labute approximate surface area is 217 Å². The molecule has 37 heavy (non-hydrogen) atoms. The van der Waals surface area contributed by atoms with Gasteiger partial charge in [-0.1, -0.05) is 67.2 Å². The minimum Gasteiger partial charge on any atom is -0.397 e. The molecule has 200 valence electrons. The van der Waals surface area contributed by atoms with Crippen LogP contribution in [0.1, 0.15) is 43.5 Å². The van der Waals surface area contributed by atoms with E-state index in [1.165, 1.54) is 0 Å². The number of carbonyl (C=O) groups excluding carboxylic acids is 1. The monoisotopic (exact) mass is 513 g/mol. The van der Waals surface area contributed by atoms with Gasteiger partial charge in [0.15, 0.2) is 12.6 Å². The van der Waals surface area contributed by atoms with Crippen molar-refractivity contribution in [3.05, 3.63) is 84.6 Å². The summed E-state index contributed by atoms with van der Waals surface area (Å²) in [6, 6.07) is 19.4. The van der Waals surface area contributed by atoms with E-state index in [-0.39, 0.29) is 19.1 Å². The van der Waals surface area contributed by atoms with Crippen LogP contribution in [0, 0.1) is 0 Å². The lowest BCUT2D eigenvalue weighted by Crippen LogP contribution is -2.54. The number of amides is 1. The zero-order chi connectivity index (χ0) is 26.3. The van der Waals surface area contributed by atoms with Crippen LogP contribution in [0.5, 0.6) is 0 Å². The van der Waals surface area contributed by atoms with Gasteiger partial charge in [0, 0.05) is 30.7 Å². The summed E-state index contributed by atoms with van der Waals surface area (Å²) >= 11 is 0. The van der Waals surface area contributed by atoms with E-state index in [2.05, 4.69) is 6.58 Å². The minimum atomic E-state index is -1.53. The second kappa shape index (κ2) is 12.7. The highest BCUT2D eigenvalue weighted by Crippen LogP contribution is 2.45. The first-order valence-corrected chi connectivity index (χ1v) is 12.6. The maximum atomic E-state index is 10.9. The fourth-order valence-corrected chi connectivity index (χ4v) is 4.60. The quantitative estimate of drug-likeness (QED) is 0.645. The Kier molecular flexibility index (Phi) is 9.44. The third kappa shape index (κ3) is 6.45. The molecule has 9 nitrogen and oxygen atoms in total.